The number of aromatic nitrogens is 1. The van der Waals surface area contributed by atoms with E-state index in [2.05, 4.69) is 25.7 Å². The van der Waals surface area contributed by atoms with Crippen molar-refractivity contribution in [2.24, 2.45) is 0 Å². The van der Waals surface area contributed by atoms with Gasteiger partial charge in [-0.2, -0.15) is 0 Å². The van der Waals surface area contributed by atoms with E-state index in [0.717, 1.165) is 7.11 Å². The fourth-order valence-electron chi connectivity index (χ4n) is 0.988. The van der Waals surface area contributed by atoms with Crippen LogP contribution in [0.3, 0.4) is 0 Å². The van der Waals surface area contributed by atoms with E-state index in [1.807, 2.05) is 0 Å². The maximum absolute atomic E-state index is 13.0. The maximum atomic E-state index is 13.0. The molecular weight excluding hydrogens is 279 g/mol. The molecule has 7 heteroatoms. The Bertz CT molecular complexity index is 398. The molecule has 0 radical (unpaired) electrons. The highest BCUT2D eigenvalue weighted by atomic mass is 79.9. The van der Waals surface area contributed by atoms with Crippen LogP contribution in [0.2, 0.25) is 0 Å². The van der Waals surface area contributed by atoms with Crippen molar-refractivity contribution < 1.29 is 22.7 Å². The molecule has 3 nitrogen and oxygen atoms in total. The summed E-state index contributed by atoms with van der Waals surface area (Å²) in [5.41, 5.74) is -1.60. The van der Waals surface area contributed by atoms with Gasteiger partial charge < -0.3 is 4.74 Å². The first-order valence-corrected chi connectivity index (χ1v) is 4.48. The van der Waals surface area contributed by atoms with Gasteiger partial charge in [-0.15, -0.1) is 0 Å². The van der Waals surface area contributed by atoms with E-state index in [-0.39, 0.29) is 4.60 Å². The zero-order valence-corrected chi connectivity index (χ0v) is 9.02. The molecule has 0 aromatic carbocycles. The highest BCUT2D eigenvalue weighted by Crippen LogP contribution is 2.29. The SMILES string of the molecule is COC(=O)c1c(Br)ncc(F)c1C(F)F. The third-order valence-corrected chi connectivity index (χ3v) is 2.23. The second-order valence-electron chi connectivity index (χ2n) is 2.48. The first-order chi connectivity index (χ1) is 6.99. The highest BCUT2D eigenvalue weighted by molar-refractivity contribution is 9.10. The third-order valence-electron chi connectivity index (χ3n) is 1.63. The van der Waals surface area contributed by atoms with Crippen LogP contribution in [0.15, 0.2) is 10.8 Å². The molecule has 0 aliphatic carbocycles. The number of carbonyl (C=O) groups is 1. The molecule has 1 aromatic rings. The Labute approximate surface area is 91.4 Å². The van der Waals surface area contributed by atoms with Crippen molar-refractivity contribution in [1.29, 1.82) is 0 Å². The van der Waals surface area contributed by atoms with Crippen LogP contribution in [0.25, 0.3) is 0 Å². The topological polar surface area (TPSA) is 39.2 Å². The Morgan fingerprint density at radius 3 is 2.67 bits per heavy atom. The first-order valence-electron chi connectivity index (χ1n) is 3.69. The molecule has 82 valence electrons. The summed E-state index contributed by atoms with van der Waals surface area (Å²) in [6.45, 7) is 0. The Morgan fingerprint density at radius 1 is 1.60 bits per heavy atom. The number of methoxy groups -OCH3 is 1. The van der Waals surface area contributed by atoms with Gasteiger partial charge >= 0.3 is 5.97 Å². The predicted octanol–water partition coefficient (Wildman–Crippen LogP) is 2.71. The van der Waals surface area contributed by atoms with Crippen molar-refractivity contribution >= 4 is 21.9 Å². The molecule has 1 heterocycles. The van der Waals surface area contributed by atoms with Crippen LogP contribution in [-0.4, -0.2) is 18.1 Å². The monoisotopic (exact) mass is 283 g/mol. The van der Waals surface area contributed by atoms with Crippen molar-refractivity contribution in [2.45, 2.75) is 6.43 Å². The van der Waals surface area contributed by atoms with Gasteiger partial charge in [-0.3, -0.25) is 0 Å². The molecule has 0 spiro atoms. The van der Waals surface area contributed by atoms with E-state index in [0.29, 0.717) is 6.20 Å². The largest absolute Gasteiger partial charge is 0.465 e. The quantitative estimate of drug-likeness (QED) is 0.619. The van der Waals surface area contributed by atoms with Crippen LogP contribution in [0.5, 0.6) is 0 Å². The summed E-state index contributed by atoms with van der Waals surface area (Å²) < 4.78 is 42.0. The summed E-state index contributed by atoms with van der Waals surface area (Å²) in [5, 5.41) is 0. The van der Waals surface area contributed by atoms with Gasteiger partial charge in [0.25, 0.3) is 6.43 Å². The molecule has 0 aliphatic rings. The Balaban J connectivity index is 3.45. The fraction of sp³-hybridized carbons (Fsp3) is 0.250. The molecule has 1 rings (SSSR count). The molecule has 0 amide bonds. The van der Waals surface area contributed by atoms with E-state index in [1.165, 1.54) is 0 Å². The molecule has 1 aromatic heterocycles. The second-order valence-corrected chi connectivity index (χ2v) is 3.23. The molecule has 15 heavy (non-hydrogen) atoms. The number of nitrogens with zero attached hydrogens (tertiary/aromatic N) is 1. The number of alkyl halides is 2. The summed E-state index contributed by atoms with van der Waals surface area (Å²) in [7, 11) is 1.01. The van der Waals surface area contributed by atoms with Gasteiger partial charge in [0.15, 0.2) is 5.82 Å². The van der Waals surface area contributed by atoms with Crippen molar-refractivity contribution in [1.82, 2.24) is 4.98 Å². The number of rotatable bonds is 2. The Morgan fingerprint density at radius 2 is 2.20 bits per heavy atom. The summed E-state index contributed by atoms with van der Waals surface area (Å²) in [5.74, 6) is -2.31. The van der Waals surface area contributed by atoms with Gasteiger partial charge in [0, 0.05) is 0 Å². The molecule has 0 atom stereocenters. The summed E-state index contributed by atoms with van der Waals surface area (Å²) in [4.78, 5) is 14.5. The lowest BCUT2D eigenvalue weighted by Gasteiger charge is -2.08. The lowest BCUT2D eigenvalue weighted by molar-refractivity contribution is 0.0585. The number of esters is 1. The van der Waals surface area contributed by atoms with Gasteiger partial charge in [0.05, 0.1) is 18.9 Å². The normalized spacial score (nSPS) is 10.5. The van der Waals surface area contributed by atoms with E-state index in [1.54, 1.807) is 0 Å². The standard InChI is InChI=1S/C8H5BrF3NO2/c1-15-8(14)5-4(7(11)12)3(10)2-13-6(5)9/h2,7H,1H3. The third kappa shape index (κ3) is 2.28. The van der Waals surface area contributed by atoms with Crippen molar-refractivity contribution in [3.63, 3.8) is 0 Å². The van der Waals surface area contributed by atoms with Gasteiger partial charge in [0.1, 0.15) is 10.2 Å². The predicted molar refractivity (Wildman–Crippen MR) is 48.2 cm³/mol. The summed E-state index contributed by atoms with van der Waals surface area (Å²) in [6.07, 6.45) is -2.50. The molecule has 0 saturated heterocycles. The van der Waals surface area contributed by atoms with Crippen molar-refractivity contribution in [3.05, 3.63) is 27.7 Å². The van der Waals surface area contributed by atoms with E-state index >= 15 is 0 Å². The number of carbonyl (C=O) groups excluding carboxylic acids is 1. The van der Waals surface area contributed by atoms with Crippen LogP contribution < -0.4 is 0 Å². The minimum atomic E-state index is -3.11. The smallest absolute Gasteiger partial charge is 0.341 e. The Kier molecular flexibility index (Phi) is 3.67. The van der Waals surface area contributed by atoms with Crippen molar-refractivity contribution in [2.75, 3.05) is 7.11 Å². The number of halogens is 4. The highest BCUT2D eigenvalue weighted by Gasteiger charge is 2.26. The van der Waals surface area contributed by atoms with Crippen molar-refractivity contribution in [3.8, 4) is 0 Å². The van der Waals surface area contributed by atoms with Gasteiger partial charge in [0.2, 0.25) is 0 Å². The molecule has 0 N–H and O–H groups in total. The molecule has 0 bridgehead atoms. The number of ether oxygens (including phenoxy) is 1. The Hall–Kier alpha value is -1.11. The van der Waals surface area contributed by atoms with Crippen LogP contribution >= 0.6 is 15.9 Å². The van der Waals surface area contributed by atoms with E-state index < -0.39 is 29.3 Å². The molecule has 0 saturated carbocycles. The maximum Gasteiger partial charge on any atom is 0.341 e. The molecule has 0 unspecified atom stereocenters. The minimum absolute atomic E-state index is 0.175. The lowest BCUT2D eigenvalue weighted by atomic mass is 10.1. The number of hydrogen-bond donors (Lipinski definition) is 0. The zero-order chi connectivity index (χ0) is 11.6. The van der Waals surface area contributed by atoms with Crippen LogP contribution in [0.1, 0.15) is 22.3 Å². The molecule has 0 fully saturated rings. The minimum Gasteiger partial charge on any atom is -0.465 e. The van der Waals surface area contributed by atoms with Gasteiger partial charge in [-0.05, 0) is 15.9 Å². The van der Waals surface area contributed by atoms with E-state index in [9.17, 15) is 18.0 Å². The second kappa shape index (κ2) is 4.61. The van der Waals surface area contributed by atoms with Gasteiger partial charge in [-0.1, -0.05) is 0 Å². The van der Waals surface area contributed by atoms with Crippen LogP contribution in [-0.2, 0) is 4.74 Å². The summed E-state index contributed by atoms with van der Waals surface area (Å²) >= 11 is 2.78. The fourth-order valence-corrected chi connectivity index (χ4v) is 1.47. The average Bonchev–Trinajstić information content (AvgIpc) is 2.19. The summed E-state index contributed by atoms with van der Waals surface area (Å²) in [6, 6.07) is 0. The van der Waals surface area contributed by atoms with Crippen LogP contribution in [0, 0.1) is 5.82 Å². The molecule has 0 aliphatic heterocycles. The lowest BCUT2D eigenvalue weighted by Crippen LogP contribution is -2.10. The van der Waals surface area contributed by atoms with Crippen LogP contribution in [0.4, 0.5) is 13.2 Å². The zero-order valence-electron chi connectivity index (χ0n) is 7.43. The van der Waals surface area contributed by atoms with Gasteiger partial charge in [-0.25, -0.2) is 22.9 Å². The first kappa shape index (κ1) is 12.0. The number of pyridine rings is 1. The van der Waals surface area contributed by atoms with E-state index in [4.69, 9.17) is 0 Å². The molecular formula is C8H5BrF3NO2. The average molecular weight is 284 g/mol. The number of hydrogen-bond acceptors (Lipinski definition) is 3.